The molecular formula is C11H22N2O3. The molecule has 0 aliphatic heterocycles. The molecule has 0 atom stereocenters. The molecular weight excluding hydrogens is 208 g/mol. The summed E-state index contributed by atoms with van der Waals surface area (Å²) in [6, 6.07) is 0. The molecule has 0 aromatic heterocycles. The standard InChI is InChI=1S/C11H22N2O3/c1-4-6-7-12-10(14)8-13(5-2)9-11(15)16-3/h4-9H2,1-3H3,(H,12,14). The van der Waals surface area contributed by atoms with Crippen LogP contribution in [0.3, 0.4) is 0 Å². The van der Waals surface area contributed by atoms with Crippen molar-refractivity contribution < 1.29 is 14.3 Å². The molecule has 5 heteroatoms. The van der Waals surface area contributed by atoms with Crippen LogP contribution in [0.25, 0.3) is 0 Å². The Balaban J connectivity index is 3.83. The van der Waals surface area contributed by atoms with Crippen LogP contribution in [0.5, 0.6) is 0 Å². The van der Waals surface area contributed by atoms with Crippen molar-refractivity contribution in [3.05, 3.63) is 0 Å². The smallest absolute Gasteiger partial charge is 0.319 e. The number of amides is 1. The molecule has 0 heterocycles. The van der Waals surface area contributed by atoms with Gasteiger partial charge in [-0.05, 0) is 13.0 Å². The Hall–Kier alpha value is -1.10. The lowest BCUT2D eigenvalue weighted by Crippen LogP contribution is -2.40. The second-order valence-corrected chi connectivity index (χ2v) is 3.58. The topological polar surface area (TPSA) is 58.6 Å². The van der Waals surface area contributed by atoms with E-state index in [1.54, 1.807) is 4.90 Å². The summed E-state index contributed by atoms with van der Waals surface area (Å²) < 4.78 is 4.55. The second kappa shape index (κ2) is 9.15. The summed E-state index contributed by atoms with van der Waals surface area (Å²) in [6.45, 7) is 5.73. The van der Waals surface area contributed by atoms with Gasteiger partial charge in [0.15, 0.2) is 0 Å². The van der Waals surface area contributed by atoms with Crippen LogP contribution in [-0.2, 0) is 14.3 Å². The molecule has 94 valence electrons. The van der Waals surface area contributed by atoms with Crippen LogP contribution >= 0.6 is 0 Å². The van der Waals surface area contributed by atoms with Crippen molar-refractivity contribution in [2.75, 3.05) is 33.3 Å². The van der Waals surface area contributed by atoms with E-state index in [1.165, 1.54) is 7.11 Å². The van der Waals surface area contributed by atoms with Crippen molar-refractivity contribution >= 4 is 11.9 Å². The molecule has 0 unspecified atom stereocenters. The molecule has 0 aromatic rings. The Labute approximate surface area is 97.1 Å². The predicted octanol–water partition coefficient (Wildman–Crippen LogP) is 0.398. The number of rotatable bonds is 8. The molecule has 0 rings (SSSR count). The van der Waals surface area contributed by atoms with E-state index in [-0.39, 0.29) is 25.0 Å². The zero-order valence-electron chi connectivity index (χ0n) is 10.4. The molecule has 0 radical (unpaired) electrons. The first-order chi connectivity index (χ1) is 7.63. The SMILES string of the molecule is CCCCNC(=O)CN(CC)CC(=O)OC. The molecule has 0 spiro atoms. The monoisotopic (exact) mass is 230 g/mol. The highest BCUT2D eigenvalue weighted by Gasteiger charge is 2.12. The normalized spacial score (nSPS) is 10.2. The molecule has 0 bridgehead atoms. The maximum Gasteiger partial charge on any atom is 0.319 e. The molecule has 0 saturated heterocycles. The van der Waals surface area contributed by atoms with Gasteiger partial charge in [-0.1, -0.05) is 20.3 Å². The molecule has 0 aromatic carbocycles. The van der Waals surface area contributed by atoms with E-state index in [0.29, 0.717) is 13.1 Å². The lowest BCUT2D eigenvalue weighted by Gasteiger charge is -2.18. The van der Waals surface area contributed by atoms with E-state index >= 15 is 0 Å². The van der Waals surface area contributed by atoms with Gasteiger partial charge in [-0.25, -0.2) is 0 Å². The number of nitrogens with zero attached hydrogens (tertiary/aromatic N) is 1. The fourth-order valence-electron chi connectivity index (χ4n) is 1.19. The third-order valence-electron chi connectivity index (χ3n) is 2.25. The Bertz CT molecular complexity index is 219. The lowest BCUT2D eigenvalue weighted by atomic mass is 10.3. The first kappa shape index (κ1) is 14.9. The Morgan fingerprint density at radius 1 is 1.25 bits per heavy atom. The minimum absolute atomic E-state index is 0.0424. The van der Waals surface area contributed by atoms with E-state index in [2.05, 4.69) is 17.0 Å². The Morgan fingerprint density at radius 2 is 1.94 bits per heavy atom. The Morgan fingerprint density at radius 3 is 2.44 bits per heavy atom. The van der Waals surface area contributed by atoms with Gasteiger partial charge >= 0.3 is 5.97 Å². The summed E-state index contributed by atoms with van der Waals surface area (Å²) in [5.41, 5.74) is 0. The minimum Gasteiger partial charge on any atom is -0.468 e. The summed E-state index contributed by atoms with van der Waals surface area (Å²) in [7, 11) is 1.34. The average molecular weight is 230 g/mol. The van der Waals surface area contributed by atoms with Crippen LogP contribution in [0.15, 0.2) is 0 Å². The van der Waals surface area contributed by atoms with Crippen molar-refractivity contribution in [1.82, 2.24) is 10.2 Å². The summed E-state index contributed by atoms with van der Waals surface area (Å²) in [6.07, 6.45) is 2.04. The highest BCUT2D eigenvalue weighted by atomic mass is 16.5. The predicted molar refractivity (Wildman–Crippen MR) is 62.0 cm³/mol. The van der Waals surface area contributed by atoms with Gasteiger partial charge in [-0.15, -0.1) is 0 Å². The van der Waals surface area contributed by atoms with Crippen molar-refractivity contribution in [1.29, 1.82) is 0 Å². The number of esters is 1. The van der Waals surface area contributed by atoms with Crippen LogP contribution in [0, 0.1) is 0 Å². The number of ether oxygens (including phenoxy) is 1. The van der Waals surface area contributed by atoms with E-state index in [1.807, 2.05) is 6.92 Å². The molecule has 0 fully saturated rings. The van der Waals surface area contributed by atoms with E-state index < -0.39 is 0 Å². The third-order valence-corrected chi connectivity index (χ3v) is 2.25. The number of nitrogens with one attached hydrogen (secondary N) is 1. The maximum absolute atomic E-state index is 11.5. The van der Waals surface area contributed by atoms with Gasteiger partial charge in [0.05, 0.1) is 20.2 Å². The van der Waals surface area contributed by atoms with Gasteiger partial charge < -0.3 is 10.1 Å². The quantitative estimate of drug-likeness (QED) is 0.484. The van der Waals surface area contributed by atoms with Crippen molar-refractivity contribution in [2.45, 2.75) is 26.7 Å². The maximum atomic E-state index is 11.5. The van der Waals surface area contributed by atoms with Gasteiger partial charge in [0, 0.05) is 6.54 Å². The van der Waals surface area contributed by atoms with Crippen molar-refractivity contribution in [3.63, 3.8) is 0 Å². The number of likely N-dealkylation sites (N-methyl/N-ethyl adjacent to an activating group) is 1. The largest absolute Gasteiger partial charge is 0.468 e. The molecule has 0 aliphatic rings. The zero-order chi connectivity index (χ0) is 12.4. The first-order valence-corrected chi connectivity index (χ1v) is 5.69. The van der Waals surface area contributed by atoms with Gasteiger partial charge in [0.1, 0.15) is 0 Å². The van der Waals surface area contributed by atoms with Gasteiger partial charge in [-0.2, -0.15) is 0 Å². The van der Waals surface area contributed by atoms with E-state index in [9.17, 15) is 9.59 Å². The molecule has 1 N–H and O–H groups in total. The highest BCUT2D eigenvalue weighted by Crippen LogP contribution is 1.90. The van der Waals surface area contributed by atoms with Crippen molar-refractivity contribution in [2.24, 2.45) is 0 Å². The van der Waals surface area contributed by atoms with Gasteiger partial charge in [0.2, 0.25) is 5.91 Å². The lowest BCUT2D eigenvalue weighted by molar-refractivity contribution is -0.142. The van der Waals surface area contributed by atoms with Gasteiger partial charge in [-0.3, -0.25) is 14.5 Å². The third kappa shape index (κ3) is 7.23. The summed E-state index contributed by atoms with van der Waals surface area (Å²) in [4.78, 5) is 24.2. The first-order valence-electron chi connectivity index (χ1n) is 5.69. The van der Waals surface area contributed by atoms with Crippen LogP contribution in [0.1, 0.15) is 26.7 Å². The average Bonchev–Trinajstić information content (AvgIpc) is 2.28. The molecule has 1 amide bonds. The van der Waals surface area contributed by atoms with Crippen molar-refractivity contribution in [3.8, 4) is 0 Å². The fourth-order valence-corrected chi connectivity index (χ4v) is 1.19. The number of methoxy groups -OCH3 is 1. The van der Waals surface area contributed by atoms with E-state index in [0.717, 1.165) is 12.8 Å². The number of hydrogen-bond acceptors (Lipinski definition) is 4. The number of carbonyl (C=O) groups is 2. The summed E-state index contributed by atoms with van der Waals surface area (Å²) in [5.74, 6) is -0.359. The molecule has 0 saturated carbocycles. The van der Waals surface area contributed by atoms with Crippen LogP contribution in [0.2, 0.25) is 0 Å². The zero-order valence-corrected chi connectivity index (χ0v) is 10.4. The van der Waals surface area contributed by atoms with Crippen LogP contribution in [-0.4, -0.2) is 50.1 Å². The Kier molecular flexibility index (Phi) is 8.52. The summed E-state index contributed by atoms with van der Waals surface area (Å²) >= 11 is 0. The summed E-state index contributed by atoms with van der Waals surface area (Å²) in [5, 5.41) is 2.81. The second-order valence-electron chi connectivity index (χ2n) is 3.58. The molecule has 16 heavy (non-hydrogen) atoms. The minimum atomic E-state index is -0.316. The highest BCUT2D eigenvalue weighted by molar-refractivity contribution is 5.79. The van der Waals surface area contributed by atoms with E-state index in [4.69, 9.17) is 0 Å². The van der Waals surface area contributed by atoms with Gasteiger partial charge in [0.25, 0.3) is 0 Å². The molecule has 0 aliphatic carbocycles. The van der Waals surface area contributed by atoms with Crippen LogP contribution < -0.4 is 5.32 Å². The number of unbranched alkanes of at least 4 members (excludes halogenated alkanes) is 1. The number of hydrogen-bond donors (Lipinski definition) is 1. The molecule has 5 nitrogen and oxygen atoms in total. The van der Waals surface area contributed by atoms with Crippen LogP contribution in [0.4, 0.5) is 0 Å². The number of carbonyl (C=O) groups excluding carboxylic acids is 2. The fraction of sp³-hybridized carbons (Fsp3) is 0.818.